The van der Waals surface area contributed by atoms with Crippen LogP contribution in [0.1, 0.15) is 11.1 Å². The minimum Gasteiger partial charge on any atom is -0.398 e. The molecule has 4 nitrogen and oxygen atoms in total. The van der Waals surface area contributed by atoms with Crippen molar-refractivity contribution in [3.63, 3.8) is 0 Å². The second-order valence-electron chi connectivity index (χ2n) is 4.66. The smallest absolute Gasteiger partial charge is 0.262 e. The molecule has 0 aromatic heterocycles. The number of nitrogen functional groups attached to an aromatic ring is 1. The van der Waals surface area contributed by atoms with Gasteiger partial charge in [-0.25, -0.2) is 12.8 Å². The lowest BCUT2D eigenvalue weighted by molar-refractivity contribution is 0.599. The van der Waals surface area contributed by atoms with Gasteiger partial charge in [-0.3, -0.25) is 4.72 Å². The highest BCUT2D eigenvalue weighted by Crippen LogP contribution is 2.28. The zero-order valence-electron chi connectivity index (χ0n) is 11.4. The van der Waals surface area contributed by atoms with E-state index in [1.54, 1.807) is 26.0 Å². The van der Waals surface area contributed by atoms with Gasteiger partial charge in [0.1, 0.15) is 5.82 Å². The molecule has 0 saturated carbocycles. The van der Waals surface area contributed by atoms with Crippen LogP contribution >= 0.6 is 22.6 Å². The molecule has 0 saturated heterocycles. The Morgan fingerprint density at radius 2 is 1.86 bits per heavy atom. The lowest BCUT2D eigenvalue weighted by Crippen LogP contribution is -2.17. The average Bonchev–Trinajstić information content (AvgIpc) is 2.37. The van der Waals surface area contributed by atoms with Gasteiger partial charge in [0.25, 0.3) is 10.0 Å². The Morgan fingerprint density at radius 3 is 2.48 bits per heavy atom. The summed E-state index contributed by atoms with van der Waals surface area (Å²) in [7, 11) is -3.79. The highest BCUT2D eigenvalue weighted by atomic mass is 127. The first-order chi connectivity index (χ1) is 9.72. The van der Waals surface area contributed by atoms with Crippen molar-refractivity contribution >= 4 is 44.0 Å². The molecule has 0 aliphatic carbocycles. The van der Waals surface area contributed by atoms with Gasteiger partial charge in [0.05, 0.1) is 10.6 Å². The lowest BCUT2D eigenvalue weighted by Gasteiger charge is -2.15. The Hall–Kier alpha value is -1.35. The van der Waals surface area contributed by atoms with Crippen LogP contribution in [0.4, 0.5) is 15.8 Å². The van der Waals surface area contributed by atoms with Crippen LogP contribution in [-0.4, -0.2) is 8.42 Å². The summed E-state index contributed by atoms with van der Waals surface area (Å²) in [5.74, 6) is -0.418. The van der Waals surface area contributed by atoms with Crippen molar-refractivity contribution in [3.8, 4) is 0 Å². The number of sulfonamides is 1. The van der Waals surface area contributed by atoms with Crippen LogP contribution in [0.15, 0.2) is 35.2 Å². The van der Waals surface area contributed by atoms with E-state index in [2.05, 4.69) is 4.72 Å². The molecule has 7 heteroatoms. The minimum atomic E-state index is -3.79. The second kappa shape index (κ2) is 5.80. The molecule has 0 atom stereocenters. The number of benzene rings is 2. The van der Waals surface area contributed by atoms with Crippen LogP contribution in [0.3, 0.4) is 0 Å². The van der Waals surface area contributed by atoms with E-state index in [4.69, 9.17) is 5.73 Å². The summed E-state index contributed by atoms with van der Waals surface area (Å²) < 4.78 is 41.2. The Bertz CT molecular complexity index is 807. The molecule has 0 aliphatic rings. The second-order valence-corrected chi connectivity index (χ2v) is 7.44. The number of rotatable bonds is 3. The normalized spacial score (nSPS) is 11.4. The number of halogens is 2. The van der Waals surface area contributed by atoms with E-state index in [1.165, 1.54) is 18.2 Å². The first-order valence-electron chi connectivity index (χ1n) is 6.06. The third kappa shape index (κ3) is 3.29. The van der Waals surface area contributed by atoms with Crippen molar-refractivity contribution in [2.75, 3.05) is 10.5 Å². The molecule has 0 heterocycles. The largest absolute Gasteiger partial charge is 0.398 e. The van der Waals surface area contributed by atoms with Crippen molar-refractivity contribution in [3.05, 3.63) is 50.8 Å². The molecule has 2 rings (SSSR count). The number of aryl methyl sites for hydroxylation is 1. The van der Waals surface area contributed by atoms with E-state index in [-0.39, 0.29) is 4.90 Å². The fraction of sp³-hybridized carbons (Fsp3) is 0.143. The van der Waals surface area contributed by atoms with E-state index in [1.807, 2.05) is 22.6 Å². The van der Waals surface area contributed by atoms with Crippen LogP contribution < -0.4 is 10.5 Å². The van der Waals surface area contributed by atoms with Gasteiger partial charge in [0.2, 0.25) is 0 Å². The number of nitrogens with one attached hydrogen (secondary N) is 1. The third-order valence-electron chi connectivity index (χ3n) is 3.09. The predicted octanol–water partition coefficient (Wildman–Crippen LogP) is 3.43. The summed E-state index contributed by atoms with van der Waals surface area (Å²) in [6, 6.07) is 7.19. The molecule has 0 fully saturated rings. The van der Waals surface area contributed by atoms with Crippen molar-refractivity contribution in [1.82, 2.24) is 0 Å². The summed E-state index contributed by atoms with van der Waals surface area (Å²) in [5, 5.41) is 0. The van der Waals surface area contributed by atoms with Crippen molar-refractivity contribution in [2.45, 2.75) is 18.7 Å². The van der Waals surface area contributed by atoms with Gasteiger partial charge in [-0.05, 0) is 71.8 Å². The highest BCUT2D eigenvalue weighted by Gasteiger charge is 2.21. The van der Waals surface area contributed by atoms with E-state index in [9.17, 15) is 12.8 Å². The fourth-order valence-corrected chi connectivity index (χ4v) is 4.40. The van der Waals surface area contributed by atoms with Crippen molar-refractivity contribution in [1.29, 1.82) is 0 Å². The van der Waals surface area contributed by atoms with E-state index < -0.39 is 15.8 Å². The topological polar surface area (TPSA) is 72.2 Å². The summed E-state index contributed by atoms with van der Waals surface area (Å²) in [4.78, 5) is 0.155. The Balaban J connectivity index is 2.51. The molecule has 0 unspecified atom stereocenters. The molecule has 0 radical (unpaired) electrons. The van der Waals surface area contributed by atoms with E-state index >= 15 is 0 Å². The zero-order valence-corrected chi connectivity index (χ0v) is 14.4. The van der Waals surface area contributed by atoms with Crippen LogP contribution in [0, 0.1) is 23.2 Å². The molecule has 3 N–H and O–H groups in total. The molecule has 21 heavy (non-hydrogen) atoms. The average molecular weight is 420 g/mol. The SMILES string of the molecule is Cc1ccc(N)c(C)c1S(=O)(=O)Nc1ccc(F)cc1I. The van der Waals surface area contributed by atoms with Crippen molar-refractivity contribution < 1.29 is 12.8 Å². The van der Waals surface area contributed by atoms with E-state index in [0.29, 0.717) is 26.1 Å². The monoisotopic (exact) mass is 420 g/mol. The van der Waals surface area contributed by atoms with Crippen LogP contribution in [0.25, 0.3) is 0 Å². The zero-order chi connectivity index (χ0) is 15.8. The summed E-state index contributed by atoms with van der Waals surface area (Å²) in [5.41, 5.74) is 7.63. The van der Waals surface area contributed by atoms with Gasteiger partial charge in [-0.1, -0.05) is 6.07 Å². The van der Waals surface area contributed by atoms with Gasteiger partial charge in [0, 0.05) is 9.26 Å². The van der Waals surface area contributed by atoms with E-state index in [0.717, 1.165) is 0 Å². The minimum absolute atomic E-state index is 0.155. The lowest BCUT2D eigenvalue weighted by atomic mass is 10.1. The van der Waals surface area contributed by atoms with Gasteiger partial charge < -0.3 is 5.73 Å². The van der Waals surface area contributed by atoms with Crippen molar-refractivity contribution in [2.24, 2.45) is 0 Å². The van der Waals surface area contributed by atoms with Gasteiger partial charge in [-0.2, -0.15) is 0 Å². The van der Waals surface area contributed by atoms with Gasteiger partial charge in [0.15, 0.2) is 0 Å². The van der Waals surface area contributed by atoms with Gasteiger partial charge >= 0.3 is 0 Å². The van der Waals surface area contributed by atoms with Gasteiger partial charge in [-0.15, -0.1) is 0 Å². The summed E-state index contributed by atoms with van der Waals surface area (Å²) in [6.07, 6.45) is 0. The molecular weight excluding hydrogens is 406 g/mol. The number of nitrogens with two attached hydrogens (primary N) is 1. The first kappa shape index (κ1) is 16.0. The fourth-order valence-electron chi connectivity index (χ4n) is 2.02. The molecule has 2 aromatic rings. The summed E-state index contributed by atoms with van der Waals surface area (Å²) >= 11 is 1.88. The Labute approximate surface area is 136 Å². The quantitative estimate of drug-likeness (QED) is 0.591. The van der Waals surface area contributed by atoms with Crippen LogP contribution in [-0.2, 0) is 10.0 Å². The summed E-state index contributed by atoms with van der Waals surface area (Å²) in [6.45, 7) is 3.36. The molecule has 0 amide bonds. The molecule has 112 valence electrons. The molecule has 0 aliphatic heterocycles. The maximum Gasteiger partial charge on any atom is 0.262 e. The molecule has 0 spiro atoms. The van der Waals surface area contributed by atoms with Crippen LogP contribution in [0.5, 0.6) is 0 Å². The Kier molecular flexibility index (Phi) is 4.43. The first-order valence-corrected chi connectivity index (χ1v) is 8.62. The molecule has 0 bridgehead atoms. The third-order valence-corrected chi connectivity index (χ3v) is 5.64. The molecular formula is C14H14FIN2O2S. The number of hydrogen-bond acceptors (Lipinski definition) is 3. The predicted molar refractivity (Wildman–Crippen MR) is 90.3 cm³/mol. The molecule has 2 aromatic carbocycles. The maximum atomic E-state index is 13.1. The maximum absolute atomic E-state index is 13.1. The Morgan fingerprint density at radius 1 is 1.19 bits per heavy atom. The van der Waals surface area contributed by atoms with Crippen LogP contribution in [0.2, 0.25) is 0 Å². The highest BCUT2D eigenvalue weighted by molar-refractivity contribution is 14.1. The standard InChI is InChI=1S/C14H14FIN2O2S/c1-8-3-5-12(17)9(2)14(8)21(19,20)18-13-6-4-10(15)7-11(13)16/h3-7,18H,17H2,1-2H3. The number of hydrogen-bond donors (Lipinski definition) is 2. The number of anilines is 2.